The van der Waals surface area contributed by atoms with E-state index in [1.54, 1.807) is 0 Å². The van der Waals surface area contributed by atoms with Gasteiger partial charge in [0.2, 0.25) is 0 Å². The third-order valence-electron chi connectivity index (χ3n) is 2.30. The molecule has 0 aromatic heterocycles. The van der Waals surface area contributed by atoms with Crippen LogP contribution in [0, 0.1) is 0 Å². The van der Waals surface area contributed by atoms with Crippen LogP contribution in [0.2, 0.25) is 0 Å². The lowest BCUT2D eigenvalue weighted by molar-refractivity contribution is -0.137. The summed E-state index contributed by atoms with van der Waals surface area (Å²) in [5, 5.41) is 0.717. The maximum Gasteiger partial charge on any atom is 0.416 e. The largest absolute Gasteiger partial charge is 0.416 e. The zero-order valence-electron chi connectivity index (χ0n) is 6.39. The van der Waals surface area contributed by atoms with Crippen molar-refractivity contribution in [2.75, 3.05) is 0 Å². The Kier molecular flexibility index (Phi) is 0.934. The average Bonchev–Trinajstić information content (AvgIpc) is 2.72. The minimum Gasteiger partial charge on any atom is -0.312 e. The van der Waals surface area contributed by atoms with E-state index in [0.29, 0.717) is 0 Å². The molecule has 66 valence electrons. The first-order chi connectivity index (χ1) is 6.07. The molecule has 1 aromatic carbocycles. The van der Waals surface area contributed by atoms with Crippen LogP contribution in [0.4, 0.5) is 13.2 Å². The summed E-state index contributed by atoms with van der Waals surface area (Å²) in [7, 11) is 0. The van der Waals surface area contributed by atoms with Crippen LogP contribution in [-0.2, 0) is 6.18 Å². The second kappa shape index (κ2) is 1.73. The van der Waals surface area contributed by atoms with Gasteiger partial charge in [-0.25, -0.2) is 0 Å². The highest BCUT2D eigenvalue weighted by molar-refractivity contribution is 6.00. The molecule has 2 aliphatic rings. The molecule has 4 heteroatoms. The van der Waals surface area contributed by atoms with E-state index in [1.807, 2.05) is 10.8 Å². The number of fused-ring (bicyclic) bond motifs is 4. The zero-order valence-corrected chi connectivity index (χ0v) is 6.39. The van der Waals surface area contributed by atoms with Crippen LogP contribution in [0.25, 0.3) is 16.6 Å². The van der Waals surface area contributed by atoms with E-state index >= 15 is 0 Å². The number of rotatable bonds is 0. The molecule has 0 unspecified atom stereocenters. The van der Waals surface area contributed by atoms with Crippen molar-refractivity contribution in [3.63, 3.8) is 0 Å². The van der Waals surface area contributed by atoms with E-state index in [4.69, 9.17) is 0 Å². The molecule has 0 atom stereocenters. The van der Waals surface area contributed by atoms with Crippen molar-refractivity contribution >= 4 is 10.9 Å². The smallest absolute Gasteiger partial charge is 0.312 e. The Labute approximate surface area is 71.4 Å². The van der Waals surface area contributed by atoms with Crippen molar-refractivity contribution in [2.24, 2.45) is 0 Å². The van der Waals surface area contributed by atoms with Gasteiger partial charge in [-0.1, -0.05) is 0 Å². The summed E-state index contributed by atoms with van der Waals surface area (Å²) < 4.78 is 38.6. The maximum absolute atomic E-state index is 12.2. The minimum atomic E-state index is -4.23. The van der Waals surface area contributed by atoms with Crippen LogP contribution >= 0.6 is 0 Å². The second-order valence-electron chi connectivity index (χ2n) is 3.11. The molecule has 2 heterocycles. The fraction of sp³-hybridized carbons (Fsp3) is 0.111. The first-order valence-corrected chi connectivity index (χ1v) is 3.80. The van der Waals surface area contributed by atoms with Crippen LogP contribution in [0.15, 0.2) is 24.4 Å². The van der Waals surface area contributed by atoms with Crippen molar-refractivity contribution in [1.82, 2.24) is 4.57 Å². The van der Waals surface area contributed by atoms with E-state index in [0.717, 1.165) is 22.7 Å². The summed E-state index contributed by atoms with van der Waals surface area (Å²) in [5.41, 5.74) is 1.22. The van der Waals surface area contributed by atoms with Crippen molar-refractivity contribution in [2.45, 2.75) is 6.18 Å². The van der Waals surface area contributed by atoms with Gasteiger partial charge in [0.15, 0.2) is 0 Å². The van der Waals surface area contributed by atoms with Gasteiger partial charge in [-0.05, 0) is 18.2 Å². The Morgan fingerprint density at radius 1 is 1.15 bits per heavy atom. The molecule has 0 spiro atoms. The van der Waals surface area contributed by atoms with E-state index in [9.17, 15) is 13.2 Å². The Balaban J connectivity index is 2.23. The number of hydrogen-bond acceptors (Lipinski definition) is 0. The van der Waals surface area contributed by atoms with Gasteiger partial charge < -0.3 is 4.57 Å². The van der Waals surface area contributed by atoms with E-state index in [1.165, 1.54) is 12.1 Å². The predicted molar refractivity (Wildman–Crippen MR) is 41.8 cm³/mol. The number of alkyl halides is 3. The first-order valence-electron chi connectivity index (χ1n) is 3.80. The molecule has 0 N–H and O–H groups in total. The van der Waals surface area contributed by atoms with Gasteiger partial charge in [0.05, 0.1) is 16.8 Å². The number of nitrogens with zero attached hydrogens (tertiary/aromatic N) is 1. The lowest BCUT2D eigenvalue weighted by Gasteiger charge is -2.10. The quantitative estimate of drug-likeness (QED) is 0.505. The Morgan fingerprint density at radius 2 is 1.92 bits per heavy atom. The molecule has 2 aliphatic heterocycles. The molecule has 0 radical (unpaired) electrons. The van der Waals surface area contributed by atoms with Gasteiger partial charge in [-0.3, -0.25) is 0 Å². The van der Waals surface area contributed by atoms with Crippen LogP contribution < -0.4 is 0 Å². The summed E-state index contributed by atoms with van der Waals surface area (Å²) in [6.45, 7) is 0. The Morgan fingerprint density at radius 3 is 2.62 bits per heavy atom. The molecule has 0 saturated carbocycles. The SMILES string of the molecule is FC(F)(F)c1ccc2c(c1)c1cn2-1. The van der Waals surface area contributed by atoms with Crippen molar-refractivity contribution in [3.8, 4) is 5.69 Å². The minimum absolute atomic E-state index is 0.571. The van der Waals surface area contributed by atoms with Gasteiger partial charge in [0, 0.05) is 11.6 Å². The molecule has 13 heavy (non-hydrogen) atoms. The van der Waals surface area contributed by atoms with Crippen LogP contribution in [0.1, 0.15) is 5.56 Å². The normalized spacial score (nSPS) is 13.8. The fourth-order valence-electron chi connectivity index (χ4n) is 1.57. The van der Waals surface area contributed by atoms with Gasteiger partial charge in [0.1, 0.15) is 0 Å². The highest BCUT2D eigenvalue weighted by Crippen LogP contribution is 2.41. The molecule has 0 bridgehead atoms. The van der Waals surface area contributed by atoms with Gasteiger partial charge >= 0.3 is 6.18 Å². The lowest BCUT2D eigenvalue weighted by Crippen LogP contribution is -2.05. The molecule has 0 amide bonds. The monoisotopic (exact) mass is 183 g/mol. The van der Waals surface area contributed by atoms with Crippen molar-refractivity contribution in [1.29, 1.82) is 0 Å². The van der Waals surface area contributed by atoms with Crippen LogP contribution in [-0.4, -0.2) is 4.57 Å². The molecule has 0 saturated heterocycles. The standard InChI is InChI=1S/C9H4F3N/c10-9(11,12)5-1-2-7-6(3-5)8-4-13(7)8/h1-4H. The Bertz CT molecular complexity index is 507. The number of benzene rings is 1. The lowest BCUT2D eigenvalue weighted by atomic mass is 10.1. The highest BCUT2D eigenvalue weighted by atomic mass is 19.4. The molecular formula is C9H4F3N. The summed E-state index contributed by atoms with van der Waals surface area (Å²) >= 11 is 0. The fourth-order valence-corrected chi connectivity index (χ4v) is 1.57. The number of hydrogen-bond donors (Lipinski definition) is 0. The predicted octanol–water partition coefficient (Wildman–Crippen LogP) is 2.96. The molecule has 3 rings (SSSR count). The number of halogens is 3. The summed E-state index contributed by atoms with van der Waals surface area (Å²) in [6.07, 6.45) is -2.41. The molecule has 1 nitrogen and oxygen atoms in total. The first kappa shape index (κ1) is 7.00. The second-order valence-corrected chi connectivity index (χ2v) is 3.11. The summed E-state index contributed by atoms with van der Waals surface area (Å²) in [5.74, 6) is 0. The molecule has 0 aliphatic carbocycles. The zero-order chi connectivity index (χ0) is 9.22. The maximum atomic E-state index is 12.2. The van der Waals surface area contributed by atoms with Gasteiger partial charge in [0.25, 0.3) is 0 Å². The van der Waals surface area contributed by atoms with Crippen molar-refractivity contribution < 1.29 is 13.2 Å². The highest BCUT2D eigenvalue weighted by Gasteiger charge is 2.33. The van der Waals surface area contributed by atoms with E-state index in [2.05, 4.69) is 0 Å². The molecule has 0 fully saturated rings. The van der Waals surface area contributed by atoms with Gasteiger partial charge in [-0.15, -0.1) is 0 Å². The van der Waals surface area contributed by atoms with Crippen LogP contribution in [0.5, 0.6) is 0 Å². The van der Waals surface area contributed by atoms with E-state index in [-0.39, 0.29) is 0 Å². The molecule has 1 aromatic rings. The van der Waals surface area contributed by atoms with E-state index < -0.39 is 11.7 Å². The summed E-state index contributed by atoms with van der Waals surface area (Å²) in [6, 6.07) is 3.82. The Hall–Kier alpha value is -1.45. The van der Waals surface area contributed by atoms with Crippen molar-refractivity contribution in [3.05, 3.63) is 30.0 Å². The average molecular weight is 183 g/mol. The topological polar surface area (TPSA) is 4.93 Å². The summed E-state index contributed by atoms with van der Waals surface area (Å²) in [4.78, 5) is 0. The molecular weight excluding hydrogens is 179 g/mol. The third kappa shape index (κ3) is 0.775. The number of aromatic nitrogens is 1. The third-order valence-corrected chi connectivity index (χ3v) is 2.30. The van der Waals surface area contributed by atoms with Crippen LogP contribution in [0.3, 0.4) is 0 Å². The van der Waals surface area contributed by atoms with Gasteiger partial charge in [-0.2, -0.15) is 13.2 Å².